The van der Waals surface area contributed by atoms with Gasteiger partial charge in [0, 0.05) is 6.04 Å². The molecule has 2 fully saturated rings. The number of hydrogen-bond acceptors (Lipinski definition) is 2. The molecule has 2 heteroatoms. The minimum atomic E-state index is 0.823. The minimum Gasteiger partial charge on any atom is -0.330 e. The normalized spacial score (nSPS) is 48.3. The molecule has 0 radical (unpaired) electrons. The van der Waals surface area contributed by atoms with Crippen LogP contribution in [0.2, 0.25) is 0 Å². The van der Waals surface area contributed by atoms with Crippen molar-refractivity contribution in [2.24, 2.45) is 17.6 Å². The van der Waals surface area contributed by atoms with Crippen LogP contribution in [0.1, 0.15) is 12.8 Å². The molecule has 0 aromatic carbocycles. The van der Waals surface area contributed by atoms with E-state index >= 15 is 0 Å². The molecule has 2 rings (SSSR count). The number of piperidine rings is 1. The molecule has 0 aromatic rings. The Labute approximate surface area is 55.8 Å². The Bertz CT molecular complexity index is 113. The summed E-state index contributed by atoms with van der Waals surface area (Å²) in [4.78, 5) is 0. The lowest BCUT2D eigenvalue weighted by atomic mass is 9.96. The highest BCUT2D eigenvalue weighted by molar-refractivity contribution is 4.94. The van der Waals surface area contributed by atoms with Crippen LogP contribution < -0.4 is 11.1 Å². The Hall–Kier alpha value is -0.0800. The maximum atomic E-state index is 5.59. The van der Waals surface area contributed by atoms with Crippen molar-refractivity contribution < 1.29 is 0 Å². The van der Waals surface area contributed by atoms with Crippen LogP contribution in [0.25, 0.3) is 0 Å². The quantitative estimate of drug-likeness (QED) is 0.516. The molecule has 0 spiro atoms. The molecule has 9 heavy (non-hydrogen) atoms. The van der Waals surface area contributed by atoms with Crippen LogP contribution in [0.3, 0.4) is 0 Å². The highest BCUT2D eigenvalue weighted by Gasteiger charge is 2.38. The van der Waals surface area contributed by atoms with Gasteiger partial charge in [-0.1, -0.05) is 0 Å². The lowest BCUT2D eigenvalue weighted by Crippen LogP contribution is -2.32. The van der Waals surface area contributed by atoms with Crippen molar-refractivity contribution in [2.75, 3.05) is 13.1 Å². The number of rotatable bonds is 1. The van der Waals surface area contributed by atoms with Gasteiger partial charge in [0.1, 0.15) is 0 Å². The van der Waals surface area contributed by atoms with Crippen LogP contribution in [-0.4, -0.2) is 19.1 Å². The van der Waals surface area contributed by atoms with E-state index in [1.807, 2.05) is 0 Å². The molecule has 2 aliphatic rings. The van der Waals surface area contributed by atoms with Gasteiger partial charge in [0.2, 0.25) is 0 Å². The summed E-state index contributed by atoms with van der Waals surface area (Å²) in [6.07, 6.45) is 2.73. The molecular formula is C7H14N2. The standard InChI is InChI=1S/C7H14N2/c8-3-5-1-7-2-6(5)4-9-7/h5-7,9H,1-4,8H2/t5-,6+,7-/m1/s1. The first-order chi connectivity index (χ1) is 4.40. The molecule has 3 atom stereocenters. The largest absolute Gasteiger partial charge is 0.330 e. The second-order valence-electron chi connectivity index (χ2n) is 3.33. The fraction of sp³-hybridized carbons (Fsp3) is 1.00. The Morgan fingerprint density at radius 3 is 2.67 bits per heavy atom. The van der Waals surface area contributed by atoms with Gasteiger partial charge in [0.25, 0.3) is 0 Å². The molecule has 2 bridgehead atoms. The zero-order valence-electron chi connectivity index (χ0n) is 5.64. The predicted octanol–water partition coefficient (Wildman–Crippen LogP) is -0.0569. The van der Waals surface area contributed by atoms with Gasteiger partial charge in [-0.25, -0.2) is 0 Å². The maximum absolute atomic E-state index is 5.59. The summed E-state index contributed by atoms with van der Waals surface area (Å²) in [5.74, 6) is 1.76. The van der Waals surface area contributed by atoms with E-state index in [1.54, 1.807) is 0 Å². The van der Waals surface area contributed by atoms with E-state index in [4.69, 9.17) is 5.73 Å². The average molecular weight is 126 g/mol. The molecule has 3 N–H and O–H groups in total. The Balaban J connectivity index is 2.01. The van der Waals surface area contributed by atoms with Crippen molar-refractivity contribution in [3.63, 3.8) is 0 Å². The van der Waals surface area contributed by atoms with E-state index in [9.17, 15) is 0 Å². The molecular weight excluding hydrogens is 112 g/mol. The third kappa shape index (κ3) is 0.775. The fourth-order valence-electron chi connectivity index (χ4n) is 2.24. The molecule has 1 aliphatic carbocycles. The summed E-state index contributed by atoms with van der Waals surface area (Å²) in [5.41, 5.74) is 5.59. The zero-order valence-corrected chi connectivity index (χ0v) is 5.64. The highest BCUT2D eigenvalue weighted by Crippen LogP contribution is 2.35. The molecule has 0 amide bonds. The monoisotopic (exact) mass is 126 g/mol. The van der Waals surface area contributed by atoms with E-state index in [1.165, 1.54) is 19.4 Å². The van der Waals surface area contributed by atoms with E-state index in [0.29, 0.717) is 0 Å². The Kier molecular flexibility index (Phi) is 1.24. The van der Waals surface area contributed by atoms with Crippen molar-refractivity contribution in [1.82, 2.24) is 5.32 Å². The third-order valence-corrected chi connectivity index (χ3v) is 2.81. The van der Waals surface area contributed by atoms with Crippen LogP contribution in [-0.2, 0) is 0 Å². The molecule has 0 aromatic heterocycles. The second kappa shape index (κ2) is 1.96. The first-order valence-corrected chi connectivity index (χ1v) is 3.83. The highest BCUT2D eigenvalue weighted by atomic mass is 15.0. The van der Waals surface area contributed by atoms with Crippen LogP contribution in [0.15, 0.2) is 0 Å². The second-order valence-corrected chi connectivity index (χ2v) is 3.33. The zero-order chi connectivity index (χ0) is 6.27. The summed E-state index contributed by atoms with van der Waals surface area (Å²) < 4.78 is 0. The van der Waals surface area contributed by atoms with Gasteiger partial charge >= 0.3 is 0 Å². The van der Waals surface area contributed by atoms with Crippen LogP contribution in [0.5, 0.6) is 0 Å². The van der Waals surface area contributed by atoms with Crippen molar-refractivity contribution in [3.8, 4) is 0 Å². The molecule has 1 saturated heterocycles. The number of nitrogens with one attached hydrogen (secondary N) is 1. The lowest BCUT2D eigenvalue weighted by Gasteiger charge is -2.19. The van der Waals surface area contributed by atoms with Gasteiger partial charge in [0.15, 0.2) is 0 Å². The van der Waals surface area contributed by atoms with E-state index in [-0.39, 0.29) is 0 Å². The van der Waals surface area contributed by atoms with E-state index < -0.39 is 0 Å². The number of fused-ring (bicyclic) bond motifs is 2. The van der Waals surface area contributed by atoms with Crippen molar-refractivity contribution in [1.29, 1.82) is 0 Å². The number of nitrogens with two attached hydrogens (primary N) is 1. The molecule has 1 saturated carbocycles. The van der Waals surface area contributed by atoms with Crippen molar-refractivity contribution in [3.05, 3.63) is 0 Å². The van der Waals surface area contributed by atoms with Crippen LogP contribution in [0.4, 0.5) is 0 Å². The summed E-state index contributed by atoms with van der Waals surface area (Å²) >= 11 is 0. The van der Waals surface area contributed by atoms with Gasteiger partial charge in [0.05, 0.1) is 0 Å². The van der Waals surface area contributed by atoms with Crippen LogP contribution >= 0.6 is 0 Å². The summed E-state index contributed by atoms with van der Waals surface area (Å²) in [5, 5.41) is 3.46. The van der Waals surface area contributed by atoms with E-state index in [0.717, 1.165) is 24.4 Å². The minimum absolute atomic E-state index is 0.823. The van der Waals surface area contributed by atoms with Gasteiger partial charge in [-0.05, 0) is 37.8 Å². The molecule has 1 aliphatic heterocycles. The average Bonchev–Trinajstić information content (AvgIpc) is 2.45. The molecule has 52 valence electrons. The Morgan fingerprint density at radius 1 is 1.44 bits per heavy atom. The lowest BCUT2D eigenvalue weighted by molar-refractivity contribution is 0.359. The first-order valence-electron chi connectivity index (χ1n) is 3.83. The van der Waals surface area contributed by atoms with Gasteiger partial charge < -0.3 is 11.1 Å². The Morgan fingerprint density at radius 2 is 2.33 bits per heavy atom. The van der Waals surface area contributed by atoms with Gasteiger partial charge in [-0.15, -0.1) is 0 Å². The number of hydrogen-bond donors (Lipinski definition) is 2. The smallest absolute Gasteiger partial charge is 0.00736 e. The summed E-state index contributed by atoms with van der Waals surface area (Å²) in [7, 11) is 0. The molecule has 0 unspecified atom stereocenters. The molecule has 1 heterocycles. The van der Waals surface area contributed by atoms with Gasteiger partial charge in [-0.2, -0.15) is 0 Å². The first kappa shape index (κ1) is 5.69. The summed E-state index contributed by atoms with van der Waals surface area (Å²) in [6.45, 7) is 2.13. The van der Waals surface area contributed by atoms with Gasteiger partial charge in [-0.3, -0.25) is 0 Å². The van der Waals surface area contributed by atoms with Crippen molar-refractivity contribution in [2.45, 2.75) is 18.9 Å². The SMILES string of the molecule is NC[C@H]1C[C@@H]2C[C@H]1CN2. The maximum Gasteiger partial charge on any atom is 0.00736 e. The fourth-order valence-corrected chi connectivity index (χ4v) is 2.24. The summed E-state index contributed by atoms with van der Waals surface area (Å²) in [6, 6.07) is 0.823. The predicted molar refractivity (Wildman–Crippen MR) is 37.1 cm³/mol. The molecule has 2 nitrogen and oxygen atoms in total. The van der Waals surface area contributed by atoms with E-state index in [2.05, 4.69) is 5.32 Å². The third-order valence-electron chi connectivity index (χ3n) is 2.81. The van der Waals surface area contributed by atoms with Crippen LogP contribution in [0, 0.1) is 11.8 Å². The topological polar surface area (TPSA) is 38.0 Å². The van der Waals surface area contributed by atoms with Crippen molar-refractivity contribution >= 4 is 0 Å².